The van der Waals surface area contributed by atoms with Gasteiger partial charge in [0.1, 0.15) is 0 Å². The molecule has 0 aromatic heterocycles. The second-order valence-electron chi connectivity index (χ2n) is 11.1. The number of nitrogens with one attached hydrogen (secondary N) is 1. The molecule has 4 nitrogen and oxygen atoms in total. The van der Waals surface area contributed by atoms with Crippen molar-refractivity contribution in [2.24, 2.45) is 34.5 Å². The fourth-order valence-electron chi connectivity index (χ4n) is 7.86. The number of fused-ring (bicyclic) bond motifs is 5. The van der Waals surface area contributed by atoms with Crippen LogP contribution in [0.3, 0.4) is 0 Å². The van der Waals surface area contributed by atoms with Gasteiger partial charge in [0, 0.05) is 11.5 Å². The van der Waals surface area contributed by atoms with E-state index in [1.807, 2.05) is 31.2 Å². The predicted molar refractivity (Wildman–Crippen MR) is 130 cm³/mol. The van der Waals surface area contributed by atoms with Gasteiger partial charge in [-0.15, -0.1) is 0 Å². The van der Waals surface area contributed by atoms with Crippen LogP contribution in [0, 0.1) is 34.5 Å². The molecule has 5 rings (SSSR count). The van der Waals surface area contributed by atoms with Crippen LogP contribution >= 0.6 is 0 Å². The maximum Gasteiger partial charge on any atom is 0.338 e. The first-order chi connectivity index (χ1) is 15.8. The van der Waals surface area contributed by atoms with Gasteiger partial charge in [0.25, 0.3) is 0 Å². The van der Waals surface area contributed by atoms with Crippen LogP contribution in [-0.4, -0.2) is 24.5 Å². The van der Waals surface area contributed by atoms with Crippen LogP contribution in [0.25, 0.3) is 6.08 Å². The van der Waals surface area contributed by atoms with E-state index in [4.69, 9.17) is 4.74 Å². The average Bonchev–Trinajstić information content (AvgIpc) is 3.15. The lowest BCUT2D eigenvalue weighted by Gasteiger charge is -2.58. The quantitative estimate of drug-likeness (QED) is 0.595. The van der Waals surface area contributed by atoms with Crippen molar-refractivity contribution in [1.29, 1.82) is 0 Å². The topological polar surface area (TPSA) is 55.4 Å². The Bertz CT molecular complexity index is 979. The van der Waals surface area contributed by atoms with Gasteiger partial charge in [-0.05, 0) is 98.3 Å². The van der Waals surface area contributed by atoms with Crippen molar-refractivity contribution < 1.29 is 14.3 Å². The standard InChI is InChI=1S/C29H37NO3/c1-4-33-27(32)20-8-5-19(6-9-20)7-10-21-11-13-23-22-12-14-25-29(3,18-16-26(31)30-25)24(22)15-17-28(21,23)2/h5-10,16,18,21-25H,4,11-15,17H2,1-3H3,(H,30,31)/b10-7+/t21-,22-,23-,24-,25+,28+,29+/m0/s1. The van der Waals surface area contributed by atoms with Gasteiger partial charge in [-0.1, -0.05) is 44.2 Å². The number of benzene rings is 1. The summed E-state index contributed by atoms with van der Waals surface area (Å²) in [5.74, 6) is 2.61. The van der Waals surface area contributed by atoms with Gasteiger partial charge in [0.15, 0.2) is 0 Å². The number of carbonyl (C=O) groups is 2. The Kier molecular flexibility index (Phi) is 5.74. The molecule has 3 aliphatic carbocycles. The molecule has 0 radical (unpaired) electrons. The number of allylic oxidation sites excluding steroid dienone is 1. The summed E-state index contributed by atoms with van der Waals surface area (Å²) in [5.41, 5.74) is 2.21. The highest BCUT2D eigenvalue weighted by Gasteiger charge is 2.59. The Balaban J connectivity index is 1.31. The first-order valence-corrected chi connectivity index (χ1v) is 12.8. The number of esters is 1. The maximum absolute atomic E-state index is 11.9. The lowest BCUT2D eigenvalue weighted by Crippen LogP contribution is -2.59. The summed E-state index contributed by atoms with van der Waals surface area (Å²) in [5, 5.41) is 3.26. The van der Waals surface area contributed by atoms with Crippen molar-refractivity contribution in [2.45, 2.75) is 65.3 Å². The van der Waals surface area contributed by atoms with E-state index in [9.17, 15) is 9.59 Å². The van der Waals surface area contributed by atoms with Gasteiger partial charge in [-0.2, -0.15) is 0 Å². The minimum absolute atomic E-state index is 0.0814. The van der Waals surface area contributed by atoms with Crippen molar-refractivity contribution in [3.8, 4) is 0 Å². The minimum Gasteiger partial charge on any atom is -0.462 e. The lowest BCUT2D eigenvalue weighted by molar-refractivity contribution is -0.122. The molecule has 0 spiro atoms. The molecule has 4 heteroatoms. The van der Waals surface area contributed by atoms with E-state index in [1.165, 1.54) is 32.1 Å². The third-order valence-electron chi connectivity index (χ3n) is 9.70. The van der Waals surface area contributed by atoms with Crippen LogP contribution in [0.2, 0.25) is 0 Å². The van der Waals surface area contributed by atoms with Crippen LogP contribution in [0.15, 0.2) is 42.5 Å². The van der Waals surface area contributed by atoms with Crippen LogP contribution in [0.4, 0.5) is 0 Å². The summed E-state index contributed by atoms with van der Waals surface area (Å²) in [4.78, 5) is 23.8. The molecule has 1 aliphatic heterocycles. The molecule has 0 bridgehead atoms. The monoisotopic (exact) mass is 447 g/mol. The Morgan fingerprint density at radius 3 is 2.64 bits per heavy atom. The molecule has 1 aromatic carbocycles. The average molecular weight is 448 g/mol. The van der Waals surface area contributed by atoms with Gasteiger partial charge < -0.3 is 10.1 Å². The summed E-state index contributed by atoms with van der Waals surface area (Å²) in [6, 6.07) is 8.05. The lowest BCUT2D eigenvalue weighted by atomic mass is 9.48. The Morgan fingerprint density at radius 1 is 1.09 bits per heavy atom. The molecule has 0 unspecified atom stereocenters. The molecule has 7 atom stereocenters. The molecule has 4 aliphatic rings. The number of amides is 1. The van der Waals surface area contributed by atoms with Crippen molar-refractivity contribution in [3.63, 3.8) is 0 Å². The summed E-state index contributed by atoms with van der Waals surface area (Å²) in [7, 11) is 0. The van der Waals surface area contributed by atoms with Crippen LogP contribution in [0.1, 0.15) is 75.2 Å². The molecular formula is C29H37NO3. The number of ether oxygens (including phenoxy) is 1. The second kappa shape index (κ2) is 8.45. The van der Waals surface area contributed by atoms with Gasteiger partial charge in [0.2, 0.25) is 5.91 Å². The number of hydrogen-bond donors (Lipinski definition) is 1. The summed E-state index contributed by atoms with van der Waals surface area (Å²) >= 11 is 0. The molecule has 0 saturated heterocycles. The number of rotatable bonds is 4. The molecule has 1 amide bonds. The van der Waals surface area contributed by atoms with Gasteiger partial charge >= 0.3 is 5.97 Å². The smallest absolute Gasteiger partial charge is 0.338 e. The highest BCUT2D eigenvalue weighted by Crippen LogP contribution is 2.65. The Hall–Kier alpha value is -2.36. The van der Waals surface area contributed by atoms with E-state index in [0.29, 0.717) is 35.5 Å². The van der Waals surface area contributed by atoms with Crippen molar-refractivity contribution in [3.05, 3.63) is 53.6 Å². The zero-order valence-corrected chi connectivity index (χ0v) is 20.2. The van der Waals surface area contributed by atoms with Crippen LogP contribution in [0.5, 0.6) is 0 Å². The van der Waals surface area contributed by atoms with Gasteiger partial charge in [0.05, 0.1) is 12.2 Å². The molecule has 3 saturated carbocycles. The summed E-state index contributed by atoms with van der Waals surface area (Å²) in [6.07, 6.45) is 16.1. The van der Waals surface area contributed by atoms with E-state index < -0.39 is 0 Å². The number of carbonyl (C=O) groups excluding carboxylic acids is 2. The highest BCUT2D eigenvalue weighted by atomic mass is 16.5. The third-order valence-corrected chi connectivity index (χ3v) is 9.70. The van der Waals surface area contributed by atoms with E-state index in [-0.39, 0.29) is 17.3 Å². The van der Waals surface area contributed by atoms with Crippen molar-refractivity contribution >= 4 is 18.0 Å². The predicted octanol–water partition coefficient (Wildman–Crippen LogP) is 5.79. The molecular weight excluding hydrogens is 410 g/mol. The van der Waals surface area contributed by atoms with E-state index in [1.54, 1.807) is 6.08 Å². The van der Waals surface area contributed by atoms with Crippen LogP contribution in [-0.2, 0) is 9.53 Å². The first-order valence-electron chi connectivity index (χ1n) is 12.8. The summed E-state index contributed by atoms with van der Waals surface area (Å²) in [6.45, 7) is 7.15. The molecule has 3 fully saturated rings. The minimum atomic E-state index is -0.258. The number of hydrogen-bond acceptors (Lipinski definition) is 3. The SMILES string of the molecule is CCOC(=O)c1ccc(/C=C/[C@H]2CC[C@H]3[C@@H]4CC[C@H]5NC(=O)C=C[C@]5(C)[C@H]4CC[C@]23C)cc1. The molecule has 1 heterocycles. The van der Waals surface area contributed by atoms with Gasteiger partial charge in [-0.25, -0.2) is 4.79 Å². The van der Waals surface area contributed by atoms with Crippen molar-refractivity contribution in [1.82, 2.24) is 5.32 Å². The van der Waals surface area contributed by atoms with E-state index in [0.717, 1.165) is 23.8 Å². The Morgan fingerprint density at radius 2 is 1.88 bits per heavy atom. The van der Waals surface area contributed by atoms with E-state index >= 15 is 0 Å². The summed E-state index contributed by atoms with van der Waals surface area (Å²) < 4.78 is 5.09. The van der Waals surface area contributed by atoms with Gasteiger partial charge in [-0.3, -0.25) is 4.79 Å². The normalized spacial score (nSPS) is 39.5. The zero-order chi connectivity index (χ0) is 23.2. The van der Waals surface area contributed by atoms with Crippen molar-refractivity contribution in [2.75, 3.05) is 6.61 Å². The first kappa shape index (κ1) is 22.4. The fraction of sp³-hybridized carbons (Fsp3) is 0.586. The zero-order valence-electron chi connectivity index (χ0n) is 20.2. The van der Waals surface area contributed by atoms with E-state index in [2.05, 4.69) is 37.4 Å². The molecule has 33 heavy (non-hydrogen) atoms. The largest absolute Gasteiger partial charge is 0.462 e. The fourth-order valence-corrected chi connectivity index (χ4v) is 7.86. The van der Waals surface area contributed by atoms with Crippen LogP contribution < -0.4 is 5.32 Å². The molecule has 176 valence electrons. The highest BCUT2D eigenvalue weighted by molar-refractivity contribution is 5.89. The molecule has 1 aromatic rings. The molecule has 1 N–H and O–H groups in total. The second-order valence-corrected chi connectivity index (χ2v) is 11.1. The Labute approximate surface area is 197 Å². The maximum atomic E-state index is 11.9. The third kappa shape index (κ3) is 3.76.